The number of carbonyl (C=O) groups excluding carboxylic acids is 1. The lowest BCUT2D eigenvalue weighted by Crippen LogP contribution is -2.43. The largest absolute Gasteiger partial charge is 0.480 e. The van der Waals surface area contributed by atoms with Gasteiger partial charge in [-0.25, -0.2) is 4.79 Å². The molecule has 0 aliphatic carbocycles. The minimum Gasteiger partial charge on any atom is -0.480 e. The molecule has 1 fully saturated rings. The molecule has 2 heterocycles. The van der Waals surface area contributed by atoms with Crippen molar-refractivity contribution >= 4 is 57.9 Å². The zero-order valence-corrected chi connectivity index (χ0v) is 17.4. The highest BCUT2D eigenvalue weighted by atomic mass is 35.5. The maximum Gasteiger partial charge on any atom is 0.326 e. The Kier molecular flexibility index (Phi) is 6.59. The van der Waals surface area contributed by atoms with Gasteiger partial charge < -0.3 is 9.52 Å². The average Bonchev–Trinajstić information content (AvgIpc) is 3.22. The molecular formula is C20H18ClNO4S2. The predicted molar refractivity (Wildman–Crippen MR) is 115 cm³/mol. The van der Waals surface area contributed by atoms with Crippen LogP contribution in [0.5, 0.6) is 0 Å². The summed E-state index contributed by atoms with van der Waals surface area (Å²) in [5.74, 6) is -0.409. The Morgan fingerprint density at radius 2 is 2.11 bits per heavy atom. The van der Waals surface area contributed by atoms with E-state index in [4.69, 9.17) is 28.2 Å². The maximum absolute atomic E-state index is 12.8. The molecule has 8 heteroatoms. The summed E-state index contributed by atoms with van der Waals surface area (Å²) in [6.45, 7) is 1.97. The number of carbonyl (C=O) groups is 2. The standard InChI is InChI=1S/C20H18ClNO4S2/c1-2-3-8-15(19(24)25)22-18(23)17(28-20(22)27)11-12-9-10-16(26-12)13-6-4-5-7-14(13)21/h4-7,9-11,15H,2-3,8H2,1H3,(H,24,25)/b17-11+/t15-/m1/s1. The number of benzene rings is 1. The number of thiocarbonyl (C=S) groups is 1. The highest BCUT2D eigenvalue weighted by Crippen LogP contribution is 2.36. The molecule has 1 saturated heterocycles. The van der Waals surface area contributed by atoms with Crippen molar-refractivity contribution in [3.8, 4) is 11.3 Å². The minimum absolute atomic E-state index is 0.248. The van der Waals surface area contributed by atoms with Gasteiger partial charge in [0.05, 0.1) is 9.93 Å². The quantitative estimate of drug-likeness (QED) is 0.461. The first-order valence-electron chi connectivity index (χ1n) is 8.77. The second-order valence-corrected chi connectivity index (χ2v) is 8.31. The second-order valence-electron chi connectivity index (χ2n) is 6.23. The number of unbranched alkanes of at least 4 members (excludes halogenated alkanes) is 1. The van der Waals surface area contributed by atoms with Crippen LogP contribution in [0.15, 0.2) is 45.7 Å². The van der Waals surface area contributed by atoms with E-state index in [9.17, 15) is 14.7 Å². The van der Waals surface area contributed by atoms with E-state index in [0.29, 0.717) is 34.3 Å². The van der Waals surface area contributed by atoms with E-state index in [2.05, 4.69) is 0 Å². The van der Waals surface area contributed by atoms with Gasteiger partial charge in [0.15, 0.2) is 0 Å². The number of amides is 1. The number of furan rings is 1. The third-order valence-corrected chi connectivity index (χ3v) is 5.95. The van der Waals surface area contributed by atoms with Gasteiger partial charge in [-0.05, 0) is 30.7 Å². The molecule has 146 valence electrons. The Balaban J connectivity index is 1.84. The predicted octanol–water partition coefficient (Wildman–Crippen LogP) is 5.44. The Labute approximate surface area is 177 Å². The van der Waals surface area contributed by atoms with Crippen molar-refractivity contribution in [3.05, 3.63) is 52.1 Å². The van der Waals surface area contributed by atoms with Gasteiger partial charge in [-0.15, -0.1) is 0 Å². The molecule has 0 radical (unpaired) electrons. The van der Waals surface area contributed by atoms with E-state index in [1.165, 1.54) is 4.90 Å². The first-order chi connectivity index (χ1) is 13.4. The molecule has 1 aliphatic rings. The van der Waals surface area contributed by atoms with Crippen molar-refractivity contribution in [1.82, 2.24) is 4.90 Å². The third kappa shape index (κ3) is 4.32. The molecule has 1 aromatic carbocycles. The summed E-state index contributed by atoms with van der Waals surface area (Å²) in [5, 5.41) is 10.1. The summed E-state index contributed by atoms with van der Waals surface area (Å²) in [5.41, 5.74) is 0.752. The lowest BCUT2D eigenvalue weighted by Gasteiger charge is -2.22. The van der Waals surface area contributed by atoms with Gasteiger partial charge in [-0.1, -0.05) is 67.5 Å². The molecular weight excluding hydrogens is 418 g/mol. The summed E-state index contributed by atoms with van der Waals surface area (Å²) in [6, 6.07) is 9.86. The van der Waals surface area contributed by atoms with Crippen LogP contribution in [0.4, 0.5) is 0 Å². The zero-order valence-electron chi connectivity index (χ0n) is 15.1. The fourth-order valence-electron chi connectivity index (χ4n) is 2.87. The van der Waals surface area contributed by atoms with E-state index >= 15 is 0 Å². The molecule has 1 N–H and O–H groups in total. The molecule has 0 bridgehead atoms. The molecule has 0 spiro atoms. The first-order valence-corrected chi connectivity index (χ1v) is 10.4. The summed E-state index contributed by atoms with van der Waals surface area (Å²) in [7, 11) is 0. The highest BCUT2D eigenvalue weighted by molar-refractivity contribution is 8.26. The van der Waals surface area contributed by atoms with Crippen LogP contribution >= 0.6 is 35.6 Å². The smallest absolute Gasteiger partial charge is 0.326 e. The van der Waals surface area contributed by atoms with Gasteiger partial charge in [0.25, 0.3) is 5.91 Å². The molecule has 0 saturated carbocycles. The van der Waals surface area contributed by atoms with E-state index < -0.39 is 17.9 Å². The summed E-state index contributed by atoms with van der Waals surface area (Å²) < 4.78 is 6.05. The number of aliphatic carboxylic acids is 1. The average molecular weight is 436 g/mol. The minimum atomic E-state index is -1.05. The Morgan fingerprint density at radius 1 is 1.36 bits per heavy atom. The van der Waals surface area contributed by atoms with Gasteiger partial charge in [0.2, 0.25) is 0 Å². The van der Waals surface area contributed by atoms with Gasteiger partial charge in [0.1, 0.15) is 21.9 Å². The fraction of sp³-hybridized carbons (Fsp3) is 0.250. The van der Waals surface area contributed by atoms with Crippen molar-refractivity contribution in [2.24, 2.45) is 0 Å². The molecule has 2 aromatic rings. The van der Waals surface area contributed by atoms with Gasteiger partial charge >= 0.3 is 5.97 Å². The van der Waals surface area contributed by atoms with Crippen molar-refractivity contribution in [1.29, 1.82) is 0 Å². The van der Waals surface area contributed by atoms with Crippen molar-refractivity contribution < 1.29 is 19.1 Å². The van der Waals surface area contributed by atoms with Crippen LogP contribution in [0.25, 0.3) is 17.4 Å². The van der Waals surface area contributed by atoms with Crippen LogP contribution in [-0.4, -0.2) is 32.2 Å². The topological polar surface area (TPSA) is 70.8 Å². The summed E-state index contributed by atoms with van der Waals surface area (Å²) in [6.07, 6.45) is 3.49. The van der Waals surface area contributed by atoms with Crippen LogP contribution in [-0.2, 0) is 9.59 Å². The molecule has 1 atom stereocenters. The Morgan fingerprint density at radius 3 is 2.79 bits per heavy atom. The Bertz CT molecular complexity index is 953. The monoisotopic (exact) mass is 435 g/mol. The highest BCUT2D eigenvalue weighted by Gasteiger charge is 2.40. The van der Waals surface area contributed by atoms with Gasteiger partial charge in [-0.2, -0.15) is 0 Å². The normalized spacial score (nSPS) is 16.8. The van der Waals surface area contributed by atoms with Crippen molar-refractivity contribution in [2.75, 3.05) is 0 Å². The second kappa shape index (κ2) is 8.94. The number of nitrogens with zero attached hydrogens (tertiary/aromatic N) is 1. The fourth-order valence-corrected chi connectivity index (χ4v) is 4.44. The van der Waals surface area contributed by atoms with E-state index in [1.807, 2.05) is 25.1 Å². The number of thioether (sulfide) groups is 1. The number of hydrogen-bond donors (Lipinski definition) is 1. The van der Waals surface area contributed by atoms with Crippen molar-refractivity contribution in [3.63, 3.8) is 0 Å². The SMILES string of the molecule is CCCC[C@H](C(=O)O)N1C(=O)/C(=C\c2ccc(-c3ccccc3Cl)o2)SC1=S. The van der Waals surface area contributed by atoms with Crippen LogP contribution in [0, 0.1) is 0 Å². The number of rotatable bonds is 7. The summed E-state index contributed by atoms with van der Waals surface area (Å²) in [4.78, 5) is 25.9. The lowest BCUT2D eigenvalue weighted by molar-refractivity contribution is -0.145. The van der Waals surface area contributed by atoms with Crippen LogP contribution in [0.3, 0.4) is 0 Å². The molecule has 0 unspecified atom stereocenters. The maximum atomic E-state index is 12.8. The molecule has 1 aromatic heterocycles. The molecule has 28 heavy (non-hydrogen) atoms. The molecule has 1 amide bonds. The van der Waals surface area contributed by atoms with Gasteiger partial charge in [-0.3, -0.25) is 9.69 Å². The van der Waals surface area contributed by atoms with Gasteiger partial charge in [0, 0.05) is 11.6 Å². The number of halogens is 1. The molecule has 1 aliphatic heterocycles. The van der Waals surface area contributed by atoms with Crippen LogP contribution in [0.2, 0.25) is 5.02 Å². The Hall–Kier alpha value is -2.09. The number of hydrogen-bond acceptors (Lipinski definition) is 5. The van der Waals surface area contributed by atoms with E-state index in [-0.39, 0.29) is 4.32 Å². The van der Waals surface area contributed by atoms with Crippen LogP contribution in [0.1, 0.15) is 31.9 Å². The summed E-state index contributed by atoms with van der Waals surface area (Å²) >= 11 is 12.5. The molecule has 3 rings (SSSR count). The molecule has 5 nitrogen and oxygen atoms in total. The van der Waals surface area contributed by atoms with Crippen LogP contribution < -0.4 is 0 Å². The zero-order chi connectivity index (χ0) is 20.3. The first kappa shape index (κ1) is 20.6. The lowest BCUT2D eigenvalue weighted by atomic mass is 10.1. The number of carboxylic acid groups (broad SMARTS) is 1. The van der Waals surface area contributed by atoms with E-state index in [1.54, 1.807) is 24.3 Å². The number of carboxylic acids is 1. The third-order valence-electron chi connectivity index (χ3n) is 4.29. The van der Waals surface area contributed by atoms with Crippen molar-refractivity contribution in [2.45, 2.75) is 32.2 Å². The van der Waals surface area contributed by atoms with E-state index in [0.717, 1.165) is 23.7 Å².